The van der Waals surface area contributed by atoms with Crippen molar-refractivity contribution in [2.45, 2.75) is 50.4 Å². The minimum absolute atomic E-state index is 0.205. The van der Waals surface area contributed by atoms with Crippen LogP contribution in [0.5, 0.6) is 0 Å². The molecule has 3 nitrogen and oxygen atoms in total. The van der Waals surface area contributed by atoms with E-state index in [0.717, 1.165) is 35.1 Å². The summed E-state index contributed by atoms with van der Waals surface area (Å²) in [4.78, 5) is 15.0. The fourth-order valence-corrected chi connectivity index (χ4v) is 9.18. The van der Waals surface area contributed by atoms with Crippen molar-refractivity contribution in [3.63, 3.8) is 0 Å². The van der Waals surface area contributed by atoms with E-state index in [1.54, 1.807) is 11.1 Å². The minimum Gasteiger partial charge on any atom is -0.208 e. The number of allylic oxidation sites excluding steroid dienone is 4. The van der Waals surface area contributed by atoms with Gasteiger partial charge in [-0.15, -0.1) is 0 Å². The van der Waals surface area contributed by atoms with E-state index < -0.39 is 0 Å². The summed E-state index contributed by atoms with van der Waals surface area (Å²) in [6.45, 7) is 0. The summed E-state index contributed by atoms with van der Waals surface area (Å²) in [5, 5.41) is 0. The number of aromatic nitrogens is 3. The predicted molar refractivity (Wildman–Crippen MR) is 222 cm³/mol. The predicted octanol–water partition coefficient (Wildman–Crippen LogP) is 13.2. The molecule has 0 unspecified atom stereocenters. The third-order valence-electron chi connectivity index (χ3n) is 11.8. The first-order valence-electron chi connectivity index (χ1n) is 19.5. The quantitative estimate of drug-likeness (QED) is 0.174. The standard InChI is InChI=1S/C51H41N3/c1-5-16-35(17-6-1)42-28-26-38(39-27-29-47-45(34-39)43-24-11-12-25-46(43)51(47)30-13-4-14-31-51)33-44(42)40-22-15-23-41(32-40)50-53-48(36-18-7-2-8-19-36)52-49(54-50)37-20-9-3-10-21-37/h1-3,5-10,15-29,32-34H,4,11-14,30-31H2. The van der Waals surface area contributed by atoms with Crippen molar-refractivity contribution in [3.8, 4) is 67.5 Å². The average Bonchev–Trinajstić information content (AvgIpc) is 3.52. The van der Waals surface area contributed by atoms with E-state index >= 15 is 0 Å². The van der Waals surface area contributed by atoms with Crippen molar-refractivity contribution in [3.05, 3.63) is 181 Å². The van der Waals surface area contributed by atoms with Gasteiger partial charge >= 0.3 is 0 Å². The van der Waals surface area contributed by atoms with E-state index in [9.17, 15) is 0 Å². The van der Waals surface area contributed by atoms with Crippen LogP contribution in [0.2, 0.25) is 0 Å². The Labute approximate surface area is 317 Å². The average molecular weight is 696 g/mol. The van der Waals surface area contributed by atoms with Gasteiger partial charge in [0.25, 0.3) is 0 Å². The SMILES string of the molecule is C1=C2C(=CCC1)C1(CCCCC1)c1ccc(-c3ccc(-c4ccccc4)c(-c4cccc(-c5nc(-c6ccccc6)nc(-c6ccccc6)n5)c4)c3)cc12. The molecule has 10 rings (SSSR count). The van der Waals surface area contributed by atoms with Gasteiger partial charge in [-0.3, -0.25) is 0 Å². The van der Waals surface area contributed by atoms with E-state index in [1.165, 1.54) is 71.1 Å². The molecule has 0 N–H and O–H groups in total. The lowest BCUT2D eigenvalue weighted by Crippen LogP contribution is -2.28. The number of fused-ring (bicyclic) bond motifs is 5. The molecule has 54 heavy (non-hydrogen) atoms. The first kappa shape index (κ1) is 32.5. The zero-order chi connectivity index (χ0) is 35.9. The first-order valence-corrected chi connectivity index (χ1v) is 19.5. The molecule has 1 saturated carbocycles. The third-order valence-corrected chi connectivity index (χ3v) is 11.8. The van der Waals surface area contributed by atoms with Crippen molar-refractivity contribution in [2.24, 2.45) is 0 Å². The van der Waals surface area contributed by atoms with Gasteiger partial charge in [0.2, 0.25) is 0 Å². The highest BCUT2D eigenvalue weighted by Crippen LogP contribution is 2.58. The fraction of sp³-hybridized carbons (Fsp3) is 0.157. The summed E-state index contributed by atoms with van der Waals surface area (Å²) < 4.78 is 0. The fourth-order valence-electron chi connectivity index (χ4n) is 9.18. The van der Waals surface area contributed by atoms with Crippen molar-refractivity contribution >= 4 is 5.57 Å². The van der Waals surface area contributed by atoms with Gasteiger partial charge in [-0.2, -0.15) is 0 Å². The number of hydrogen-bond acceptors (Lipinski definition) is 3. The molecule has 1 spiro atoms. The number of nitrogens with zero attached hydrogens (tertiary/aromatic N) is 3. The van der Waals surface area contributed by atoms with Crippen LogP contribution in [0.25, 0.3) is 73.1 Å². The summed E-state index contributed by atoms with van der Waals surface area (Å²) in [7, 11) is 0. The summed E-state index contributed by atoms with van der Waals surface area (Å²) in [6.07, 6.45) is 13.9. The molecule has 3 aliphatic rings. The molecule has 6 aromatic carbocycles. The van der Waals surface area contributed by atoms with Gasteiger partial charge in [-0.25, -0.2) is 15.0 Å². The molecule has 3 aliphatic carbocycles. The van der Waals surface area contributed by atoms with Crippen LogP contribution in [0.4, 0.5) is 0 Å². The summed E-state index contributed by atoms with van der Waals surface area (Å²) in [5.41, 5.74) is 16.4. The van der Waals surface area contributed by atoms with Gasteiger partial charge in [0.15, 0.2) is 17.5 Å². The smallest absolute Gasteiger partial charge is 0.164 e. The van der Waals surface area contributed by atoms with E-state index in [0.29, 0.717) is 17.5 Å². The van der Waals surface area contributed by atoms with Gasteiger partial charge in [-0.05, 0) is 99.5 Å². The molecule has 3 heteroatoms. The Morgan fingerprint density at radius 2 is 0.907 bits per heavy atom. The lowest BCUT2D eigenvalue weighted by atomic mass is 9.67. The highest BCUT2D eigenvalue weighted by molar-refractivity contribution is 5.94. The Morgan fingerprint density at radius 1 is 0.370 bits per heavy atom. The molecule has 0 atom stereocenters. The van der Waals surface area contributed by atoms with Crippen LogP contribution in [0.1, 0.15) is 56.1 Å². The summed E-state index contributed by atoms with van der Waals surface area (Å²) in [5.74, 6) is 1.98. The van der Waals surface area contributed by atoms with Gasteiger partial charge in [-0.1, -0.05) is 165 Å². The van der Waals surface area contributed by atoms with Gasteiger partial charge in [0, 0.05) is 22.1 Å². The molecule has 0 amide bonds. The van der Waals surface area contributed by atoms with E-state index in [4.69, 9.17) is 15.0 Å². The zero-order valence-corrected chi connectivity index (χ0v) is 30.4. The molecule has 0 radical (unpaired) electrons. The van der Waals surface area contributed by atoms with Gasteiger partial charge in [0.05, 0.1) is 0 Å². The van der Waals surface area contributed by atoms with Crippen LogP contribution in [-0.4, -0.2) is 15.0 Å². The molecule has 0 saturated heterocycles. The minimum atomic E-state index is 0.205. The Morgan fingerprint density at radius 3 is 1.57 bits per heavy atom. The first-order chi connectivity index (χ1) is 26.7. The van der Waals surface area contributed by atoms with Gasteiger partial charge in [0.1, 0.15) is 0 Å². The second kappa shape index (κ2) is 13.7. The second-order valence-electron chi connectivity index (χ2n) is 15.0. The maximum atomic E-state index is 5.05. The molecular weight excluding hydrogens is 655 g/mol. The number of benzene rings is 6. The molecule has 260 valence electrons. The lowest BCUT2D eigenvalue weighted by Gasteiger charge is -2.37. The van der Waals surface area contributed by atoms with Crippen LogP contribution in [-0.2, 0) is 5.41 Å². The van der Waals surface area contributed by atoms with Crippen LogP contribution in [0.3, 0.4) is 0 Å². The highest BCUT2D eigenvalue weighted by Gasteiger charge is 2.46. The van der Waals surface area contributed by atoms with Gasteiger partial charge < -0.3 is 0 Å². The van der Waals surface area contributed by atoms with E-state index in [2.05, 4.69) is 127 Å². The van der Waals surface area contributed by atoms with E-state index in [-0.39, 0.29) is 5.41 Å². The topological polar surface area (TPSA) is 38.7 Å². The number of rotatable bonds is 6. The zero-order valence-electron chi connectivity index (χ0n) is 30.4. The monoisotopic (exact) mass is 695 g/mol. The van der Waals surface area contributed by atoms with E-state index in [1.807, 2.05) is 36.4 Å². The van der Waals surface area contributed by atoms with Crippen molar-refractivity contribution < 1.29 is 0 Å². The van der Waals surface area contributed by atoms with Crippen molar-refractivity contribution in [2.75, 3.05) is 0 Å². The van der Waals surface area contributed by atoms with Crippen LogP contribution >= 0.6 is 0 Å². The Bertz CT molecular complexity index is 2500. The highest BCUT2D eigenvalue weighted by atomic mass is 15.0. The summed E-state index contributed by atoms with van der Waals surface area (Å²) in [6, 6.07) is 54.1. The number of hydrogen-bond donors (Lipinski definition) is 0. The van der Waals surface area contributed by atoms with Crippen LogP contribution in [0.15, 0.2) is 169 Å². The molecule has 0 bridgehead atoms. The largest absolute Gasteiger partial charge is 0.208 e. The third kappa shape index (κ3) is 5.72. The van der Waals surface area contributed by atoms with Crippen LogP contribution < -0.4 is 0 Å². The van der Waals surface area contributed by atoms with Crippen LogP contribution in [0, 0.1) is 0 Å². The maximum Gasteiger partial charge on any atom is 0.164 e. The Balaban J connectivity index is 1.10. The molecule has 7 aromatic rings. The Kier molecular flexibility index (Phi) is 8.21. The summed E-state index contributed by atoms with van der Waals surface area (Å²) >= 11 is 0. The Hall–Kier alpha value is -6.19. The van der Waals surface area contributed by atoms with Crippen molar-refractivity contribution in [1.82, 2.24) is 15.0 Å². The molecule has 1 fully saturated rings. The lowest BCUT2D eigenvalue weighted by molar-refractivity contribution is 0.352. The van der Waals surface area contributed by atoms with Crippen molar-refractivity contribution in [1.29, 1.82) is 0 Å². The molecular formula is C51H41N3. The normalized spacial score (nSPS) is 15.6. The molecule has 0 aliphatic heterocycles. The molecule has 1 heterocycles. The molecule has 1 aromatic heterocycles. The second-order valence-corrected chi connectivity index (χ2v) is 15.0. The maximum absolute atomic E-state index is 5.05.